The normalized spacial score (nSPS) is 28.2. The molecule has 0 spiro atoms. The highest BCUT2D eigenvalue weighted by atomic mass is 16.1. The number of allylic oxidation sites excluding steroid dienone is 4. The number of carbonyl (C=O) groups is 1. The van der Waals surface area contributed by atoms with Crippen LogP contribution in [0.5, 0.6) is 0 Å². The Kier molecular flexibility index (Phi) is 3.29. The lowest BCUT2D eigenvalue weighted by Gasteiger charge is -2.44. The summed E-state index contributed by atoms with van der Waals surface area (Å²) in [6.07, 6.45) is 7.77. The Balaban J connectivity index is 2.47. The van der Waals surface area contributed by atoms with Gasteiger partial charge < -0.3 is 0 Å². The monoisotopic (exact) mass is 246 g/mol. The van der Waals surface area contributed by atoms with E-state index < -0.39 is 0 Å². The molecule has 0 unspecified atom stereocenters. The van der Waals surface area contributed by atoms with E-state index in [2.05, 4.69) is 27.7 Å². The van der Waals surface area contributed by atoms with Gasteiger partial charge in [-0.15, -0.1) is 0 Å². The van der Waals surface area contributed by atoms with Crippen LogP contribution in [0.15, 0.2) is 22.8 Å². The Morgan fingerprint density at radius 1 is 1.11 bits per heavy atom. The fraction of sp³-hybridized carbons (Fsp3) is 0.706. The van der Waals surface area contributed by atoms with E-state index in [1.807, 2.05) is 6.08 Å². The van der Waals surface area contributed by atoms with Gasteiger partial charge in [0, 0.05) is 0 Å². The second-order valence-corrected chi connectivity index (χ2v) is 7.46. The number of rotatable bonds is 1. The standard InChI is InChI=1S/C17H26O/c1-12(18)10-13-6-9-17(4,5)15-7-8-16(2,3)11-14(13)15/h10H,6-9,11H2,1-5H3/b13-10+. The summed E-state index contributed by atoms with van der Waals surface area (Å²) in [6.45, 7) is 11.1. The van der Waals surface area contributed by atoms with Gasteiger partial charge in [-0.2, -0.15) is 0 Å². The molecule has 0 bridgehead atoms. The molecule has 0 N–H and O–H groups in total. The second-order valence-electron chi connectivity index (χ2n) is 7.46. The minimum atomic E-state index is 0.194. The molecule has 100 valence electrons. The van der Waals surface area contributed by atoms with Crippen LogP contribution in [0.25, 0.3) is 0 Å². The van der Waals surface area contributed by atoms with E-state index in [0.717, 1.165) is 12.8 Å². The lowest BCUT2D eigenvalue weighted by Crippen LogP contribution is -2.29. The van der Waals surface area contributed by atoms with Gasteiger partial charge in [-0.3, -0.25) is 4.79 Å². The van der Waals surface area contributed by atoms with Crippen LogP contribution in [0, 0.1) is 10.8 Å². The van der Waals surface area contributed by atoms with Gasteiger partial charge in [0.1, 0.15) is 0 Å². The maximum absolute atomic E-state index is 11.4. The van der Waals surface area contributed by atoms with Gasteiger partial charge in [0.15, 0.2) is 5.78 Å². The molecule has 0 heterocycles. The highest BCUT2D eigenvalue weighted by molar-refractivity contribution is 5.88. The topological polar surface area (TPSA) is 17.1 Å². The quantitative estimate of drug-likeness (QED) is 0.606. The molecule has 2 aliphatic carbocycles. The van der Waals surface area contributed by atoms with Gasteiger partial charge in [0.05, 0.1) is 0 Å². The summed E-state index contributed by atoms with van der Waals surface area (Å²) in [5.74, 6) is 0.194. The smallest absolute Gasteiger partial charge is 0.152 e. The zero-order valence-electron chi connectivity index (χ0n) is 12.5. The van der Waals surface area contributed by atoms with E-state index in [4.69, 9.17) is 0 Å². The molecule has 1 heteroatoms. The summed E-state index contributed by atoms with van der Waals surface area (Å²) in [5.41, 5.74) is 5.19. The minimum absolute atomic E-state index is 0.194. The second kappa shape index (κ2) is 4.36. The summed E-state index contributed by atoms with van der Waals surface area (Å²) in [5, 5.41) is 0. The van der Waals surface area contributed by atoms with E-state index >= 15 is 0 Å². The third kappa shape index (κ3) is 2.60. The number of hydrogen-bond acceptors (Lipinski definition) is 1. The lowest BCUT2D eigenvalue weighted by atomic mass is 9.61. The Morgan fingerprint density at radius 2 is 1.78 bits per heavy atom. The summed E-state index contributed by atoms with van der Waals surface area (Å²) in [7, 11) is 0. The molecule has 0 amide bonds. The van der Waals surface area contributed by atoms with Crippen molar-refractivity contribution in [2.24, 2.45) is 10.8 Å². The molecule has 2 rings (SSSR count). The largest absolute Gasteiger partial charge is 0.295 e. The maximum Gasteiger partial charge on any atom is 0.152 e. The van der Waals surface area contributed by atoms with E-state index in [0.29, 0.717) is 10.8 Å². The number of ketones is 1. The van der Waals surface area contributed by atoms with E-state index in [-0.39, 0.29) is 5.78 Å². The van der Waals surface area contributed by atoms with Crippen molar-refractivity contribution in [3.8, 4) is 0 Å². The predicted octanol–water partition coefficient (Wildman–Crippen LogP) is 4.83. The first-order valence-corrected chi connectivity index (χ1v) is 7.15. The summed E-state index contributed by atoms with van der Waals surface area (Å²) in [6, 6.07) is 0. The zero-order chi connectivity index (χ0) is 13.6. The zero-order valence-corrected chi connectivity index (χ0v) is 12.5. The summed E-state index contributed by atoms with van der Waals surface area (Å²) in [4.78, 5) is 11.4. The Hall–Kier alpha value is -0.850. The molecule has 0 aromatic heterocycles. The molecule has 0 aliphatic heterocycles. The van der Waals surface area contributed by atoms with Crippen molar-refractivity contribution in [1.29, 1.82) is 0 Å². The van der Waals surface area contributed by atoms with Crippen LogP contribution >= 0.6 is 0 Å². The van der Waals surface area contributed by atoms with Crippen LogP contribution < -0.4 is 0 Å². The van der Waals surface area contributed by atoms with Crippen LogP contribution in [-0.4, -0.2) is 5.78 Å². The molecule has 0 fully saturated rings. The lowest BCUT2D eigenvalue weighted by molar-refractivity contribution is -0.112. The molecule has 0 radical (unpaired) electrons. The van der Waals surface area contributed by atoms with Crippen molar-refractivity contribution in [2.45, 2.75) is 66.7 Å². The van der Waals surface area contributed by atoms with Crippen molar-refractivity contribution < 1.29 is 4.79 Å². The Morgan fingerprint density at radius 3 is 2.39 bits per heavy atom. The molecule has 0 atom stereocenters. The SMILES string of the molecule is CC(=O)/C=C1\CCC(C)(C)C2=C1CC(C)(C)CC2. The Labute approximate surface area is 111 Å². The van der Waals surface area contributed by atoms with Crippen LogP contribution in [0.1, 0.15) is 66.7 Å². The van der Waals surface area contributed by atoms with Crippen LogP contribution in [0.4, 0.5) is 0 Å². The van der Waals surface area contributed by atoms with Gasteiger partial charge in [0.25, 0.3) is 0 Å². The van der Waals surface area contributed by atoms with Crippen molar-refractivity contribution in [3.63, 3.8) is 0 Å². The van der Waals surface area contributed by atoms with Crippen LogP contribution in [-0.2, 0) is 4.79 Å². The van der Waals surface area contributed by atoms with Gasteiger partial charge in [-0.25, -0.2) is 0 Å². The molecule has 0 saturated carbocycles. The van der Waals surface area contributed by atoms with Crippen molar-refractivity contribution >= 4 is 5.78 Å². The fourth-order valence-electron chi connectivity index (χ4n) is 3.50. The third-order valence-corrected chi connectivity index (χ3v) is 4.67. The van der Waals surface area contributed by atoms with Crippen molar-refractivity contribution in [2.75, 3.05) is 0 Å². The average molecular weight is 246 g/mol. The molecule has 0 saturated heterocycles. The first-order chi connectivity index (χ1) is 8.21. The van der Waals surface area contributed by atoms with E-state index in [1.165, 1.54) is 30.4 Å². The molecular weight excluding hydrogens is 220 g/mol. The van der Waals surface area contributed by atoms with E-state index in [9.17, 15) is 4.79 Å². The van der Waals surface area contributed by atoms with Crippen LogP contribution in [0.2, 0.25) is 0 Å². The van der Waals surface area contributed by atoms with Gasteiger partial charge in [-0.05, 0) is 67.1 Å². The van der Waals surface area contributed by atoms with Crippen molar-refractivity contribution in [1.82, 2.24) is 0 Å². The third-order valence-electron chi connectivity index (χ3n) is 4.67. The van der Waals surface area contributed by atoms with E-state index in [1.54, 1.807) is 12.5 Å². The summed E-state index contributed by atoms with van der Waals surface area (Å²) < 4.78 is 0. The minimum Gasteiger partial charge on any atom is -0.295 e. The summed E-state index contributed by atoms with van der Waals surface area (Å²) >= 11 is 0. The highest BCUT2D eigenvalue weighted by Crippen LogP contribution is 2.52. The number of hydrogen-bond donors (Lipinski definition) is 0. The molecule has 0 aromatic carbocycles. The molecular formula is C17H26O. The molecule has 0 aromatic rings. The number of carbonyl (C=O) groups excluding carboxylic acids is 1. The first kappa shape index (κ1) is 13.6. The van der Waals surface area contributed by atoms with Gasteiger partial charge in [-0.1, -0.05) is 33.3 Å². The van der Waals surface area contributed by atoms with Crippen molar-refractivity contribution in [3.05, 3.63) is 22.8 Å². The maximum atomic E-state index is 11.4. The van der Waals surface area contributed by atoms with Gasteiger partial charge >= 0.3 is 0 Å². The molecule has 1 nitrogen and oxygen atoms in total. The molecule has 18 heavy (non-hydrogen) atoms. The Bertz CT molecular complexity index is 433. The van der Waals surface area contributed by atoms with Crippen LogP contribution in [0.3, 0.4) is 0 Å². The first-order valence-electron chi connectivity index (χ1n) is 7.15. The molecule has 2 aliphatic rings. The van der Waals surface area contributed by atoms with Gasteiger partial charge in [0.2, 0.25) is 0 Å². The highest BCUT2D eigenvalue weighted by Gasteiger charge is 2.37. The predicted molar refractivity (Wildman–Crippen MR) is 76.4 cm³/mol. The average Bonchev–Trinajstić information content (AvgIpc) is 2.20. The fourth-order valence-corrected chi connectivity index (χ4v) is 3.50.